The van der Waals surface area contributed by atoms with Crippen molar-refractivity contribution < 1.29 is 28.5 Å². The SMILES string of the molecule is COc1cccc(CC(=O)Nc2ccc(OCCN3CCOCC3)c(-c3ccnn3C)c2)c1.Cn1nccc1-c1cc(N)ccc1OCCN1CCOCC1. The summed E-state index contributed by atoms with van der Waals surface area (Å²) in [7, 11) is 5.42. The minimum absolute atomic E-state index is 0.0970. The van der Waals surface area contributed by atoms with Crippen molar-refractivity contribution in [2.75, 3.05) is 97.1 Å². The number of anilines is 2. The summed E-state index contributed by atoms with van der Waals surface area (Å²) in [6, 6.07) is 22.9. The van der Waals surface area contributed by atoms with E-state index in [1.54, 1.807) is 24.2 Å². The van der Waals surface area contributed by atoms with Crippen LogP contribution in [0.2, 0.25) is 0 Å². The van der Waals surface area contributed by atoms with Crippen molar-refractivity contribution in [3.63, 3.8) is 0 Å². The fraction of sp³-hybridized carbons (Fsp3) is 0.390. The lowest BCUT2D eigenvalue weighted by atomic mass is 10.1. The highest BCUT2D eigenvalue weighted by Crippen LogP contribution is 2.33. The number of aryl methyl sites for hydroxylation is 2. The molecule has 55 heavy (non-hydrogen) atoms. The lowest BCUT2D eigenvalue weighted by molar-refractivity contribution is -0.115. The van der Waals surface area contributed by atoms with Gasteiger partial charge in [-0.25, -0.2) is 0 Å². The van der Waals surface area contributed by atoms with Crippen molar-refractivity contribution in [2.24, 2.45) is 14.1 Å². The van der Waals surface area contributed by atoms with Crippen molar-refractivity contribution in [1.29, 1.82) is 0 Å². The number of ether oxygens (including phenoxy) is 5. The van der Waals surface area contributed by atoms with Crippen LogP contribution in [-0.2, 0) is 34.8 Å². The van der Waals surface area contributed by atoms with Crippen LogP contribution >= 0.6 is 0 Å². The Hall–Kier alpha value is -5.41. The number of nitrogens with two attached hydrogens (primary N) is 1. The standard InChI is InChI=1S/C25H30N4O4.C16H22N4O2/c1-28-23(8-9-26-28)22-18-20(27-25(30)17-19-4-3-5-21(16-19)31-2)6-7-24(22)33-15-12-29-10-13-32-14-11-29;1-19-15(4-5-18-19)14-12-13(17)2-3-16(14)22-11-8-20-6-9-21-10-7-20/h3-9,16,18H,10-15,17H2,1-2H3,(H,27,30);2-5,12H,6-11,17H2,1H3. The molecule has 2 fully saturated rings. The number of carbonyl (C=O) groups excluding carboxylic acids is 1. The van der Waals surface area contributed by atoms with Crippen LogP contribution in [0.15, 0.2) is 85.2 Å². The third kappa shape index (κ3) is 11.3. The zero-order valence-electron chi connectivity index (χ0n) is 32.0. The molecule has 292 valence electrons. The first kappa shape index (κ1) is 39.3. The maximum absolute atomic E-state index is 12.7. The summed E-state index contributed by atoms with van der Waals surface area (Å²) in [6.07, 6.45) is 3.78. The Morgan fingerprint density at radius 3 is 1.85 bits per heavy atom. The Morgan fingerprint density at radius 1 is 0.745 bits per heavy atom. The summed E-state index contributed by atoms with van der Waals surface area (Å²) in [6.45, 7) is 9.91. The van der Waals surface area contributed by atoms with Crippen molar-refractivity contribution >= 4 is 17.3 Å². The highest BCUT2D eigenvalue weighted by molar-refractivity contribution is 5.93. The monoisotopic (exact) mass is 752 g/mol. The number of amides is 1. The van der Waals surface area contributed by atoms with E-state index in [1.807, 2.05) is 91.6 Å². The van der Waals surface area contributed by atoms with E-state index in [9.17, 15) is 4.79 Å². The molecule has 7 rings (SSSR count). The summed E-state index contributed by atoms with van der Waals surface area (Å²) in [5.41, 5.74) is 12.0. The predicted molar refractivity (Wildman–Crippen MR) is 213 cm³/mol. The Labute approximate surface area is 322 Å². The molecular formula is C41H52N8O6. The number of methoxy groups -OCH3 is 1. The lowest BCUT2D eigenvalue weighted by Gasteiger charge is -2.26. The maximum atomic E-state index is 12.7. The van der Waals surface area contributed by atoms with Gasteiger partial charge in [-0.15, -0.1) is 0 Å². The van der Waals surface area contributed by atoms with Crippen LogP contribution in [-0.4, -0.2) is 121 Å². The van der Waals surface area contributed by atoms with Gasteiger partial charge >= 0.3 is 0 Å². The summed E-state index contributed by atoms with van der Waals surface area (Å²) in [5.74, 6) is 2.24. The zero-order valence-corrected chi connectivity index (χ0v) is 32.0. The molecule has 5 aromatic rings. The van der Waals surface area contributed by atoms with Gasteiger partial charge < -0.3 is 34.7 Å². The number of aromatic nitrogens is 4. The van der Waals surface area contributed by atoms with Crippen LogP contribution in [0.3, 0.4) is 0 Å². The molecule has 4 heterocycles. The van der Waals surface area contributed by atoms with E-state index in [1.165, 1.54) is 0 Å². The molecule has 0 aliphatic carbocycles. The average Bonchev–Trinajstić information content (AvgIpc) is 3.84. The molecule has 0 radical (unpaired) electrons. The first-order valence-electron chi connectivity index (χ1n) is 18.6. The molecular weight excluding hydrogens is 701 g/mol. The number of hydrogen-bond donors (Lipinski definition) is 2. The first-order chi connectivity index (χ1) is 26.9. The fourth-order valence-electron chi connectivity index (χ4n) is 6.48. The highest BCUT2D eigenvalue weighted by Gasteiger charge is 2.16. The molecule has 1 amide bonds. The summed E-state index contributed by atoms with van der Waals surface area (Å²) in [4.78, 5) is 17.3. The lowest BCUT2D eigenvalue weighted by Crippen LogP contribution is -2.38. The average molecular weight is 753 g/mol. The van der Waals surface area contributed by atoms with E-state index < -0.39 is 0 Å². The van der Waals surface area contributed by atoms with E-state index in [2.05, 4.69) is 25.3 Å². The van der Waals surface area contributed by atoms with Crippen LogP contribution < -0.4 is 25.3 Å². The molecule has 0 unspecified atom stereocenters. The van der Waals surface area contributed by atoms with E-state index in [0.717, 1.165) is 117 Å². The van der Waals surface area contributed by atoms with Crippen LogP contribution in [0.25, 0.3) is 22.5 Å². The van der Waals surface area contributed by atoms with Crippen molar-refractivity contribution in [3.05, 3.63) is 90.8 Å². The number of nitrogens with one attached hydrogen (secondary N) is 1. The Bertz CT molecular complexity index is 1970. The van der Waals surface area contributed by atoms with E-state index in [-0.39, 0.29) is 12.3 Å². The van der Waals surface area contributed by atoms with Crippen LogP contribution in [0.4, 0.5) is 11.4 Å². The molecule has 14 heteroatoms. The number of benzene rings is 3. The molecule has 3 aromatic carbocycles. The molecule has 3 N–H and O–H groups in total. The van der Waals surface area contributed by atoms with Gasteiger partial charge in [0.25, 0.3) is 0 Å². The van der Waals surface area contributed by atoms with Gasteiger partial charge in [0.15, 0.2) is 0 Å². The minimum atomic E-state index is -0.0970. The number of morpholine rings is 2. The molecule has 2 aromatic heterocycles. The van der Waals surface area contributed by atoms with E-state index in [0.29, 0.717) is 18.9 Å². The second-order valence-electron chi connectivity index (χ2n) is 13.3. The highest BCUT2D eigenvalue weighted by atomic mass is 16.5. The van der Waals surface area contributed by atoms with Crippen LogP contribution in [0.5, 0.6) is 17.2 Å². The molecule has 2 saturated heterocycles. The van der Waals surface area contributed by atoms with Gasteiger partial charge in [-0.1, -0.05) is 12.1 Å². The number of hydrogen-bond acceptors (Lipinski definition) is 11. The van der Waals surface area contributed by atoms with Crippen molar-refractivity contribution in [1.82, 2.24) is 29.4 Å². The number of nitrogens with zero attached hydrogens (tertiary/aromatic N) is 6. The quantitative estimate of drug-likeness (QED) is 0.156. The molecule has 0 bridgehead atoms. The van der Waals surface area contributed by atoms with E-state index in [4.69, 9.17) is 29.4 Å². The van der Waals surface area contributed by atoms with Crippen molar-refractivity contribution in [3.8, 4) is 39.8 Å². The third-order valence-corrected chi connectivity index (χ3v) is 9.50. The van der Waals surface area contributed by atoms with Gasteiger partial charge in [-0.2, -0.15) is 10.2 Å². The molecule has 2 aliphatic rings. The minimum Gasteiger partial charge on any atom is -0.497 e. The van der Waals surface area contributed by atoms with Gasteiger partial charge in [0.2, 0.25) is 5.91 Å². The van der Waals surface area contributed by atoms with Crippen molar-refractivity contribution in [2.45, 2.75) is 6.42 Å². The third-order valence-electron chi connectivity index (χ3n) is 9.50. The molecule has 14 nitrogen and oxygen atoms in total. The molecule has 2 aliphatic heterocycles. The van der Waals surface area contributed by atoms with Gasteiger partial charge in [-0.3, -0.25) is 24.0 Å². The predicted octanol–water partition coefficient (Wildman–Crippen LogP) is 4.37. The fourth-order valence-corrected chi connectivity index (χ4v) is 6.48. The molecule has 0 spiro atoms. The number of rotatable bonds is 14. The number of carbonyl (C=O) groups is 1. The molecule has 0 saturated carbocycles. The Kier molecular flexibility index (Phi) is 14.1. The topological polar surface area (TPSA) is 143 Å². The smallest absolute Gasteiger partial charge is 0.228 e. The van der Waals surface area contributed by atoms with Gasteiger partial charge in [-0.05, 0) is 66.2 Å². The first-order valence-corrected chi connectivity index (χ1v) is 18.6. The van der Waals surface area contributed by atoms with Crippen LogP contribution in [0, 0.1) is 0 Å². The zero-order chi connectivity index (χ0) is 38.4. The maximum Gasteiger partial charge on any atom is 0.228 e. The van der Waals surface area contributed by atoms with E-state index >= 15 is 0 Å². The van der Waals surface area contributed by atoms with Gasteiger partial charge in [0.05, 0.1) is 51.3 Å². The second kappa shape index (κ2) is 19.8. The number of nitrogen functional groups attached to an aromatic ring is 1. The normalized spacial score (nSPS) is 14.8. The summed E-state index contributed by atoms with van der Waals surface area (Å²) < 4.78 is 31.8. The molecule has 0 atom stereocenters. The summed E-state index contributed by atoms with van der Waals surface area (Å²) in [5, 5.41) is 11.5. The summed E-state index contributed by atoms with van der Waals surface area (Å²) >= 11 is 0. The second-order valence-corrected chi connectivity index (χ2v) is 13.3. The van der Waals surface area contributed by atoms with Gasteiger partial charge in [0.1, 0.15) is 30.5 Å². The van der Waals surface area contributed by atoms with Crippen LogP contribution in [0.1, 0.15) is 5.56 Å². The Balaban J connectivity index is 0.000000203. The Morgan fingerprint density at radius 2 is 1.31 bits per heavy atom. The van der Waals surface area contributed by atoms with Gasteiger partial charge in [0, 0.05) is 88.3 Å². The largest absolute Gasteiger partial charge is 0.497 e.